The van der Waals surface area contributed by atoms with Gasteiger partial charge in [-0.1, -0.05) is 18.9 Å². The third-order valence-corrected chi connectivity index (χ3v) is 4.69. The number of alkyl halides is 3. The van der Waals surface area contributed by atoms with E-state index >= 15 is 0 Å². The van der Waals surface area contributed by atoms with Crippen LogP contribution >= 0.6 is 0 Å². The molecular formula is C19H24F3NO3. The lowest BCUT2D eigenvalue weighted by Crippen LogP contribution is -2.47. The summed E-state index contributed by atoms with van der Waals surface area (Å²) in [5, 5.41) is 2.57. The van der Waals surface area contributed by atoms with Gasteiger partial charge in [0.2, 0.25) is 0 Å². The van der Waals surface area contributed by atoms with Gasteiger partial charge in [-0.05, 0) is 31.4 Å². The molecule has 1 aromatic carbocycles. The molecule has 4 nitrogen and oxygen atoms in total. The van der Waals surface area contributed by atoms with Gasteiger partial charge in [-0.25, -0.2) is 0 Å². The second-order valence-corrected chi connectivity index (χ2v) is 6.38. The second kappa shape index (κ2) is 8.47. The molecule has 1 aliphatic rings. The number of carbonyl (C=O) groups excluding carboxylic acids is 1. The van der Waals surface area contributed by atoms with Crippen molar-refractivity contribution in [2.45, 2.75) is 44.3 Å². The molecule has 26 heavy (non-hydrogen) atoms. The van der Waals surface area contributed by atoms with Crippen LogP contribution in [0.4, 0.5) is 13.2 Å². The molecule has 7 heteroatoms. The van der Waals surface area contributed by atoms with Crippen LogP contribution in [0, 0.1) is 5.92 Å². The van der Waals surface area contributed by atoms with Crippen molar-refractivity contribution in [1.29, 1.82) is 0 Å². The van der Waals surface area contributed by atoms with Gasteiger partial charge >= 0.3 is 6.18 Å². The number of nitrogens with one attached hydrogen (secondary N) is 1. The van der Waals surface area contributed by atoms with Gasteiger partial charge in [-0.15, -0.1) is 6.58 Å². The van der Waals surface area contributed by atoms with Crippen molar-refractivity contribution in [3.8, 4) is 11.5 Å². The first-order valence-electron chi connectivity index (χ1n) is 8.55. The first-order chi connectivity index (χ1) is 12.3. The highest BCUT2D eigenvalue weighted by atomic mass is 19.4. The highest BCUT2D eigenvalue weighted by Gasteiger charge is 2.46. The van der Waals surface area contributed by atoms with Gasteiger partial charge in [0.05, 0.1) is 20.1 Å². The summed E-state index contributed by atoms with van der Waals surface area (Å²) in [5.74, 6) is -1.21. The van der Waals surface area contributed by atoms with E-state index in [4.69, 9.17) is 9.47 Å². The lowest BCUT2D eigenvalue weighted by atomic mass is 9.84. The van der Waals surface area contributed by atoms with Crippen molar-refractivity contribution < 1.29 is 27.4 Å². The lowest BCUT2D eigenvalue weighted by Gasteiger charge is -2.33. The van der Waals surface area contributed by atoms with Gasteiger partial charge < -0.3 is 14.8 Å². The molecule has 0 bridgehead atoms. The Morgan fingerprint density at radius 3 is 2.54 bits per heavy atom. The fourth-order valence-corrected chi connectivity index (χ4v) is 3.43. The van der Waals surface area contributed by atoms with E-state index in [2.05, 4.69) is 11.9 Å². The van der Waals surface area contributed by atoms with Crippen molar-refractivity contribution in [3.05, 3.63) is 35.9 Å². The fourth-order valence-electron chi connectivity index (χ4n) is 3.43. The van der Waals surface area contributed by atoms with E-state index in [0.29, 0.717) is 42.7 Å². The molecule has 2 atom stereocenters. The van der Waals surface area contributed by atoms with Gasteiger partial charge in [-0.3, -0.25) is 4.79 Å². The van der Waals surface area contributed by atoms with E-state index in [-0.39, 0.29) is 12.0 Å². The van der Waals surface area contributed by atoms with E-state index in [0.717, 1.165) is 0 Å². The average molecular weight is 371 g/mol. The molecule has 1 saturated carbocycles. The Balaban J connectivity index is 2.28. The van der Waals surface area contributed by atoms with E-state index in [9.17, 15) is 18.0 Å². The predicted molar refractivity (Wildman–Crippen MR) is 92.7 cm³/mol. The van der Waals surface area contributed by atoms with E-state index < -0.39 is 24.0 Å². The number of hydrogen-bond acceptors (Lipinski definition) is 3. The van der Waals surface area contributed by atoms with Crippen LogP contribution in [0.25, 0.3) is 0 Å². The maximum absolute atomic E-state index is 13.2. The van der Waals surface area contributed by atoms with Crippen molar-refractivity contribution >= 4 is 5.91 Å². The minimum Gasteiger partial charge on any atom is -0.493 e. The molecule has 1 N–H and O–H groups in total. The first-order valence-corrected chi connectivity index (χ1v) is 8.55. The lowest BCUT2D eigenvalue weighted by molar-refractivity contribution is -0.187. The van der Waals surface area contributed by atoms with Gasteiger partial charge in [0.1, 0.15) is 0 Å². The Labute approximate surface area is 151 Å². The predicted octanol–water partition coefficient (Wildman–Crippen LogP) is 4.28. The van der Waals surface area contributed by atoms with Crippen LogP contribution in [-0.2, 0) is 6.42 Å². The number of hydrogen-bond donors (Lipinski definition) is 1. The van der Waals surface area contributed by atoms with Crippen molar-refractivity contribution in [2.24, 2.45) is 5.92 Å². The first kappa shape index (κ1) is 20.1. The molecule has 0 heterocycles. The monoisotopic (exact) mass is 371 g/mol. The summed E-state index contributed by atoms with van der Waals surface area (Å²) in [6.45, 7) is 3.67. The Bertz CT molecular complexity index is 658. The fraction of sp³-hybridized carbons (Fsp3) is 0.526. The number of halogens is 3. The number of ether oxygens (including phenoxy) is 2. The summed E-state index contributed by atoms with van der Waals surface area (Å²) in [4.78, 5) is 12.6. The molecule has 0 aromatic heterocycles. The zero-order valence-corrected chi connectivity index (χ0v) is 15.0. The largest absolute Gasteiger partial charge is 0.493 e. The number of benzene rings is 1. The zero-order valence-electron chi connectivity index (χ0n) is 15.0. The van der Waals surface area contributed by atoms with E-state index in [1.165, 1.54) is 20.3 Å². The van der Waals surface area contributed by atoms with Crippen LogP contribution in [0.15, 0.2) is 24.8 Å². The Kier molecular flexibility index (Phi) is 6.56. The third kappa shape index (κ3) is 4.51. The Morgan fingerprint density at radius 1 is 1.27 bits per heavy atom. The normalized spacial score (nSPS) is 20.3. The van der Waals surface area contributed by atoms with E-state index in [1.54, 1.807) is 12.1 Å². The number of rotatable bonds is 6. The number of allylic oxidation sites excluding steroid dienone is 1. The Morgan fingerprint density at radius 2 is 1.96 bits per heavy atom. The average Bonchev–Trinajstić information content (AvgIpc) is 2.60. The zero-order chi connectivity index (χ0) is 19.3. The maximum Gasteiger partial charge on any atom is 0.393 e. The third-order valence-electron chi connectivity index (χ3n) is 4.69. The highest BCUT2D eigenvalue weighted by molar-refractivity contribution is 5.95. The minimum atomic E-state index is -4.32. The standard InChI is InChI=1S/C19H24F3NO3/c1-4-7-12-10-13(11-16(25-2)17(12)26-3)18(24)23-15-9-6-5-8-14(15)19(20,21)22/h4,10-11,14-15H,1,5-9H2,2-3H3,(H,23,24). The summed E-state index contributed by atoms with van der Waals surface area (Å²) in [7, 11) is 2.93. The van der Waals surface area contributed by atoms with Crippen LogP contribution in [-0.4, -0.2) is 32.3 Å². The summed E-state index contributed by atoms with van der Waals surface area (Å²) in [6, 6.07) is 2.17. The van der Waals surface area contributed by atoms with Crippen LogP contribution in [0.1, 0.15) is 41.6 Å². The molecule has 1 amide bonds. The maximum atomic E-state index is 13.2. The molecule has 0 radical (unpaired) electrons. The summed E-state index contributed by atoms with van der Waals surface area (Å²) >= 11 is 0. The van der Waals surface area contributed by atoms with Gasteiger partial charge in [0.15, 0.2) is 11.5 Å². The molecule has 1 aliphatic carbocycles. The minimum absolute atomic E-state index is 0.0437. The van der Waals surface area contributed by atoms with E-state index in [1.807, 2.05) is 0 Å². The number of methoxy groups -OCH3 is 2. The van der Waals surface area contributed by atoms with Crippen molar-refractivity contribution in [3.63, 3.8) is 0 Å². The molecule has 0 spiro atoms. The van der Waals surface area contributed by atoms with Crippen LogP contribution in [0.5, 0.6) is 11.5 Å². The molecule has 0 saturated heterocycles. The smallest absolute Gasteiger partial charge is 0.393 e. The quantitative estimate of drug-likeness (QED) is 0.759. The van der Waals surface area contributed by atoms with Gasteiger partial charge in [-0.2, -0.15) is 13.2 Å². The Hall–Kier alpha value is -2.18. The van der Waals surface area contributed by atoms with Crippen molar-refractivity contribution in [1.82, 2.24) is 5.32 Å². The highest BCUT2D eigenvalue weighted by Crippen LogP contribution is 2.38. The summed E-state index contributed by atoms with van der Waals surface area (Å²) in [5.41, 5.74) is 0.925. The SMILES string of the molecule is C=CCc1cc(C(=O)NC2CCCCC2C(F)(F)F)cc(OC)c1OC. The molecular weight excluding hydrogens is 347 g/mol. The summed E-state index contributed by atoms with van der Waals surface area (Å²) in [6.07, 6.45) is -0.661. The van der Waals surface area contributed by atoms with Gasteiger partial charge in [0.25, 0.3) is 5.91 Å². The summed E-state index contributed by atoms with van der Waals surface area (Å²) < 4.78 is 50.3. The van der Waals surface area contributed by atoms with Gasteiger partial charge in [0, 0.05) is 17.2 Å². The van der Waals surface area contributed by atoms with Crippen LogP contribution in [0.3, 0.4) is 0 Å². The molecule has 1 fully saturated rings. The van der Waals surface area contributed by atoms with Crippen LogP contribution in [0.2, 0.25) is 0 Å². The molecule has 2 unspecified atom stereocenters. The van der Waals surface area contributed by atoms with Crippen LogP contribution < -0.4 is 14.8 Å². The number of carbonyl (C=O) groups is 1. The van der Waals surface area contributed by atoms with Crippen molar-refractivity contribution in [2.75, 3.05) is 14.2 Å². The molecule has 2 rings (SSSR count). The number of amides is 1. The molecule has 1 aromatic rings. The molecule has 0 aliphatic heterocycles. The topological polar surface area (TPSA) is 47.6 Å². The second-order valence-electron chi connectivity index (χ2n) is 6.38. The molecule has 144 valence electrons.